The molecule has 0 aromatic heterocycles. The summed E-state index contributed by atoms with van der Waals surface area (Å²) in [6, 6.07) is 0. The largest absolute Gasteiger partial charge is 0.458 e. The second-order valence-corrected chi connectivity index (χ2v) is 4.35. The van der Waals surface area contributed by atoms with Gasteiger partial charge in [-0.2, -0.15) is 0 Å². The average Bonchev–Trinajstić information content (AvgIpc) is 2.30. The van der Waals surface area contributed by atoms with E-state index < -0.39 is 36.5 Å². The molecule has 1 aliphatic heterocycles. The highest BCUT2D eigenvalue weighted by Crippen LogP contribution is 2.26. The monoisotopic (exact) mass is 272 g/mol. The molecular formula is C13H20O6. The molecule has 6 heteroatoms. The van der Waals surface area contributed by atoms with Gasteiger partial charge in [0.25, 0.3) is 0 Å². The Hall–Kier alpha value is -1.40. The van der Waals surface area contributed by atoms with E-state index in [1.807, 2.05) is 0 Å². The van der Waals surface area contributed by atoms with Crippen molar-refractivity contribution in [2.24, 2.45) is 0 Å². The number of hydrogen-bond acceptors (Lipinski definition) is 6. The average molecular weight is 272 g/mol. The number of esters is 2. The lowest BCUT2D eigenvalue weighted by molar-refractivity contribution is -0.252. The zero-order valence-electron chi connectivity index (χ0n) is 11.5. The Morgan fingerprint density at radius 2 is 1.95 bits per heavy atom. The highest BCUT2D eigenvalue weighted by Gasteiger charge is 2.41. The highest BCUT2D eigenvalue weighted by atomic mass is 16.7. The van der Waals surface area contributed by atoms with Crippen LogP contribution >= 0.6 is 0 Å². The first-order valence-electron chi connectivity index (χ1n) is 6.16. The van der Waals surface area contributed by atoms with E-state index in [9.17, 15) is 9.59 Å². The van der Waals surface area contributed by atoms with E-state index in [-0.39, 0.29) is 0 Å². The summed E-state index contributed by atoms with van der Waals surface area (Å²) in [5.74, 6) is -0.873. The van der Waals surface area contributed by atoms with Crippen molar-refractivity contribution in [2.45, 2.75) is 51.8 Å². The third-order valence-electron chi connectivity index (χ3n) is 2.64. The summed E-state index contributed by atoms with van der Waals surface area (Å²) in [6.45, 7) is 8.24. The maximum absolute atomic E-state index is 11.1. The highest BCUT2D eigenvalue weighted by molar-refractivity contribution is 5.67. The Morgan fingerprint density at radius 3 is 2.47 bits per heavy atom. The van der Waals surface area contributed by atoms with Gasteiger partial charge in [0.2, 0.25) is 0 Å². The zero-order chi connectivity index (χ0) is 14.4. The first-order chi connectivity index (χ1) is 8.93. The molecule has 1 rings (SSSR count). The first kappa shape index (κ1) is 15.7. The Kier molecular flexibility index (Phi) is 5.98. The maximum Gasteiger partial charge on any atom is 0.303 e. The molecule has 0 bridgehead atoms. The molecule has 0 amide bonds. The Balaban J connectivity index is 2.71. The Labute approximate surface area is 112 Å². The lowest BCUT2D eigenvalue weighted by Gasteiger charge is -2.38. The SMILES string of the molecule is C=CCO[C@H]1C[C@H](OC(C)=O)[C@H](OC(C)=O)[C@H](C)O1. The number of carbonyl (C=O) groups excluding carboxylic acids is 2. The molecule has 1 saturated heterocycles. The van der Waals surface area contributed by atoms with Gasteiger partial charge in [-0.25, -0.2) is 0 Å². The first-order valence-corrected chi connectivity index (χ1v) is 6.16. The van der Waals surface area contributed by atoms with Crippen molar-refractivity contribution in [1.82, 2.24) is 0 Å². The topological polar surface area (TPSA) is 71.1 Å². The molecule has 0 unspecified atom stereocenters. The minimum Gasteiger partial charge on any atom is -0.458 e. The van der Waals surface area contributed by atoms with E-state index in [1.165, 1.54) is 13.8 Å². The smallest absolute Gasteiger partial charge is 0.303 e. The van der Waals surface area contributed by atoms with Crippen LogP contribution in [0.1, 0.15) is 27.2 Å². The van der Waals surface area contributed by atoms with Gasteiger partial charge < -0.3 is 18.9 Å². The van der Waals surface area contributed by atoms with Gasteiger partial charge in [0, 0.05) is 20.3 Å². The molecule has 4 atom stereocenters. The molecule has 6 nitrogen and oxygen atoms in total. The fourth-order valence-corrected chi connectivity index (χ4v) is 1.97. The molecule has 0 saturated carbocycles. The summed E-state index contributed by atoms with van der Waals surface area (Å²) >= 11 is 0. The van der Waals surface area contributed by atoms with E-state index in [1.54, 1.807) is 13.0 Å². The second kappa shape index (κ2) is 7.25. The molecule has 0 radical (unpaired) electrons. The number of rotatable bonds is 5. The van der Waals surface area contributed by atoms with Crippen LogP contribution < -0.4 is 0 Å². The predicted octanol–water partition coefficient (Wildman–Crippen LogP) is 1.19. The van der Waals surface area contributed by atoms with E-state index in [2.05, 4.69) is 6.58 Å². The summed E-state index contributed by atoms with van der Waals surface area (Å²) in [6.07, 6.45) is -0.200. The number of ether oxygens (including phenoxy) is 4. The van der Waals surface area contributed by atoms with E-state index in [4.69, 9.17) is 18.9 Å². The molecule has 1 aliphatic rings. The standard InChI is InChI=1S/C13H20O6/c1-5-6-16-12-7-11(18-9(3)14)13(8(2)17-12)19-10(4)15/h5,8,11-13H,1,6-7H2,2-4H3/t8-,11-,12+,13+/m0/s1. The Bertz CT molecular complexity index is 340. The maximum atomic E-state index is 11.1. The van der Waals surface area contributed by atoms with Crippen LogP contribution in [0.3, 0.4) is 0 Å². The summed E-state index contributed by atoms with van der Waals surface area (Å²) in [7, 11) is 0. The van der Waals surface area contributed by atoms with Gasteiger partial charge in [-0.1, -0.05) is 6.08 Å². The molecule has 0 aliphatic carbocycles. The van der Waals surface area contributed by atoms with Crippen molar-refractivity contribution >= 4 is 11.9 Å². The van der Waals surface area contributed by atoms with Crippen LogP contribution in [0.15, 0.2) is 12.7 Å². The van der Waals surface area contributed by atoms with Crippen molar-refractivity contribution in [3.63, 3.8) is 0 Å². The van der Waals surface area contributed by atoms with Crippen LogP contribution in [0.5, 0.6) is 0 Å². The van der Waals surface area contributed by atoms with Gasteiger partial charge in [-0.05, 0) is 6.92 Å². The molecule has 0 N–H and O–H groups in total. The van der Waals surface area contributed by atoms with Crippen molar-refractivity contribution in [3.8, 4) is 0 Å². The van der Waals surface area contributed by atoms with Gasteiger partial charge in [-0.3, -0.25) is 9.59 Å². The lowest BCUT2D eigenvalue weighted by atomic mass is 10.0. The molecule has 0 spiro atoms. The Morgan fingerprint density at radius 1 is 1.32 bits per heavy atom. The third-order valence-corrected chi connectivity index (χ3v) is 2.64. The van der Waals surface area contributed by atoms with Crippen molar-refractivity contribution in [2.75, 3.05) is 6.61 Å². The molecule has 0 aromatic carbocycles. The fourth-order valence-electron chi connectivity index (χ4n) is 1.97. The minimum atomic E-state index is -0.620. The number of carbonyl (C=O) groups is 2. The third kappa shape index (κ3) is 5.00. The molecule has 0 aromatic rings. The molecule has 1 heterocycles. The van der Waals surface area contributed by atoms with E-state index in [0.717, 1.165) is 0 Å². The summed E-state index contributed by atoms with van der Waals surface area (Å²) in [4.78, 5) is 22.2. The summed E-state index contributed by atoms with van der Waals surface area (Å²) in [5, 5.41) is 0. The minimum absolute atomic E-state index is 0.315. The molecular weight excluding hydrogens is 252 g/mol. The predicted molar refractivity (Wildman–Crippen MR) is 66.2 cm³/mol. The lowest BCUT2D eigenvalue weighted by Crippen LogP contribution is -2.51. The van der Waals surface area contributed by atoms with Gasteiger partial charge in [0.1, 0.15) is 6.10 Å². The van der Waals surface area contributed by atoms with Gasteiger partial charge >= 0.3 is 11.9 Å². The van der Waals surface area contributed by atoms with Crippen molar-refractivity contribution in [1.29, 1.82) is 0 Å². The van der Waals surface area contributed by atoms with Crippen molar-refractivity contribution in [3.05, 3.63) is 12.7 Å². The molecule has 1 fully saturated rings. The van der Waals surface area contributed by atoms with Crippen LogP contribution in [0.2, 0.25) is 0 Å². The van der Waals surface area contributed by atoms with Gasteiger partial charge in [0.05, 0.1) is 12.7 Å². The van der Waals surface area contributed by atoms with Crippen molar-refractivity contribution < 1.29 is 28.5 Å². The summed E-state index contributed by atoms with van der Waals surface area (Å²) in [5.41, 5.74) is 0. The van der Waals surface area contributed by atoms with Gasteiger partial charge in [-0.15, -0.1) is 6.58 Å². The van der Waals surface area contributed by atoms with Gasteiger partial charge in [0.15, 0.2) is 12.4 Å². The molecule has 19 heavy (non-hydrogen) atoms. The second-order valence-electron chi connectivity index (χ2n) is 4.35. The van der Waals surface area contributed by atoms with E-state index >= 15 is 0 Å². The molecule has 108 valence electrons. The zero-order valence-corrected chi connectivity index (χ0v) is 11.5. The quantitative estimate of drug-likeness (QED) is 0.553. The van der Waals surface area contributed by atoms with Crippen LogP contribution in [0.25, 0.3) is 0 Å². The van der Waals surface area contributed by atoms with E-state index in [0.29, 0.717) is 13.0 Å². The van der Waals surface area contributed by atoms with Crippen LogP contribution in [-0.2, 0) is 28.5 Å². The summed E-state index contributed by atoms with van der Waals surface area (Å²) < 4.78 is 21.3. The van der Waals surface area contributed by atoms with Crippen LogP contribution in [0, 0.1) is 0 Å². The van der Waals surface area contributed by atoms with Crippen LogP contribution in [-0.4, -0.2) is 43.1 Å². The normalized spacial score (nSPS) is 30.5. The number of hydrogen-bond donors (Lipinski definition) is 0. The van der Waals surface area contributed by atoms with Crippen LogP contribution in [0.4, 0.5) is 0 Å². The fraction of sp³-hybridized carbons (Fsp3) is 0.692.